The van der Waals surface area contributed by atoms with Gasteiger partial charge in [0, 0.05) is 23.7 Å². The molecule has 1 atom stereocenters. The quantitative estimate of drug-likeness (QED) is 0.530. The average Bonchev–Trinajstić information content (AvgIpc) is 3.04. The van der Waals surface area contributed by atoms with Crippen molar-refractivity contribution in [3.8, 4) is 28.3 Å². The second kappa shape index (κ2) is 7.31. The van der Waals surface area contributed by atoms with E-state index in [4.69, 9.17) is 14.1 Å². The topological polar surface area (TPSA) is 84.6 Å². The number of carboxylic acids is 1. The first-order valence-corrected chi connectivity index (χ1v) is 9.78. The summed E-state index contributed by atoms with van der Waals surface area (Å²) in [5.74, 6) is 0.244. The maximum absolute atomic E-state index is 11.2. The maximum Gasteiger partial charge on any atom is 0.324 e. The van der Waals surface area contributed by atoms with Gasteiger partial charge in [0.1, 0.15) is 23.9 Å². The van der Waals surface area contributed by atoms with Gasteiger partial charge in [0.2, 0.25) is 5.89 Å². The summed E-state index contributed by atoms with van der Waals surface area (Å²) in [6.07, 6.45) is 0. The molecule has 1 aromatic heterocycles. The number of rotatable bonds is 3. The predicted octanol–water partition coefficient (Wildman–Crippen LogP) is 4.41. The molecular formula is C24H20N2O4. The molecule has 1 aliphatic rings. The fourth-order valence-electron chi connectivity index (χ4n) is 3.81. The van der Waals surface area contributed by atoms with Gasteiger partial charge < -0.3 is 14.3 Å². The molecule has 5 rings (SSSR count). The van der Waals surface area contributed by atoms with Gasteiger partial charge in [0.15, 0.2) is 5.58 Å². The molecule has 2 heterocycles. The average molecular weight is 400 g/mol. The van der Waals surface area contributed by atoms with Crippen molar-refractivity contribution in [3.63, 3.8) is 0 Å². The second-order valence-corrected chi connectivity index (χ2v) is 7.37. The van der Waals surface area contributed by atoms with Crippen molar-refractivity contribution in [1.82, 2.24) is 10.3 Å². The van der Waals surface area contributed by atoms with Crippen molar-refractivity contribution in [1.29, 1.82) is 0 Å². The van der Waals surface area contributed by atoms with Crippen LogP contribution in [0.4, 0.5) is 0 Å². The first-order valence-electron chi connectivity index (χ1n) is 9.78. The molecular weight excluding hydrogens is 380 g/mol. The summed E-state index contributed by atoms with van der Waals surface area (Å²) in [5, 5.41) is 12.2. The first kappa shape index (κ1) is 18.4. The SMILES string of the molecule is Cc1c(-c2ccccc2)cccc1-c1nc2cc3c(cc2o1)OC[C@@H](C(=O)O)NC3. The lowest BCUT2D eigenvalue weighted by Crippen LogP contribution is -2.39. The van der Waals surface area contributed by atoms with Crippen LogP contribution >= 0.6 is 0 Å². The van der Waals surface area contributed by atoms with E-state index in [0.717, 1.165) is 27.8 Å². The number of ether oxygens (including phenoxy) is 1. The van der Waals surface area contributed by atoms with Crippen LogP contribution in [0.5, 0.6) is 5.75 Å². The summed E-state index contributed by atoms with van der Waals surface area (Å²) in [5.41, 5.74) is 6.51. The van der Waals surface area contributed by atoms with E-state index in [1.807, 2.05) is 36.4 Å². The van der Waals surface area contributed by atoms with E-state index in [1.165, 1.54) is 0 Å². The summed E-state index contributed by atoms with van der Waals surface area (Å²) in [4.78, 5) is 15.9. The van der Waals surface area contributed by atoms with E-state index < -0.39 is 12.0 Å². The van der Waals surface area contributed by atoms with Crippen molar-refractivity contribution >= 4 is 17.1 Å². The second-order valence-electron chi connectivity index (χ2n) is 7.37. The number of hydrogen-bond donors (Lipinski definition) is 2. The molecule has 0 amide bonds. The van der Waals surface area contributed by atoms with Crippen LogP contribution in [-0.4, -0.2) is 28.7 Å². The van der Waals surface area contributed by atoms with Gasteiger partial charge in [-0.15, -0.1) is 0 Å². The molecule has 0 saturated carbocycles. The third-order valence-electron chi connectivity index (χ3n) is 5.46. The maximum atomic E-state index is 11.2. The van der Waals surface area contributed by atoms with Gasteiger partial charge in [-0.25, -0.2) is 4.98 Å². The van der Waals surface area contributed by atoms with E-state index in [9.17, 15) is 9.90 Å². The van der Waals surface area contributed by atoms with Gasteiger partial charge in [-0.3, -0.25) is 10.1 Å². The molecule has 6 heteroatoms. The van der Waals surface area contributed by atoms with Gasteiger partial charge in [-0.05, 0) is 35.7 Å². The zero-order chi connectivity index (χ0) is 20.7. The molecule has 0 saturated heterocycles. The summed E-state index contributed by atoms with van der Waals surface area (Å²) in [6.45, 7) is 2.53. The van der Waals surface area contributed by atoms with Crippen molar-refractivity contribution in [3.05, 3.63) is 71.8 Å². The number of aliphatic carboxylic acids is 1. The number of nitrogens with zero attached hydrogens (tertiary/aromatic N) is 1. The van der Waals surface area contributed by atoms with Crippen molar-refractivity contribution in [2.45, 2.75) is 19.5 Å². The molecule has 0 unspecified atom stereocenters. The molecule has 3 aromatic carbocycles. The van der Waals surface area contributed by atoms with Crippen LogP contribution in [0.1, 0.15) is 11.1 Å². The van der Waals surface area contributed by atoms with Crippen molar-refractivity contribution in [2.24, 2.45) is 0 Å². The normalized spacial score (nSPS) is 16.0. The molecule has 1 aliphatic heterocycles. The monoisotopic (exact) mass is 400 g/mol. The van der Waals surface area contributed by atoms with E-state index in [0.29, 0.717) is 29.3 Å². The fourth-order valence-corrected chi connectivity index (χ4v) is 3.81. The number of nitrogens with one attached hydrogen (secondary N) is 1. The fraction of sp³-hybridized carbons (Fsp3) is 0.167. The molecule has 4 aromatic rings. The van der Waals surface area contributed by atoms with Gasteiger partial charge in [-0.1, -0.05) is 42.5 Å². The molecule has 0 bridgehead atoms. The van der Waals surface area contributed by atoms with Crippen molar-refractivity contribution < 1.29 is 19.1 Å². The van der Waals surface area contributed by atoms with Crippen LogP contribution in [0.3, 0.4) is 0 Å². The third-order valence-corrected chi connectivity index (χ3v) is 5.46. The van der Waals surface area contributed by atoms with Crippen LogP contribution in [0.2, 0.25) is 0 Å². The highest BCUT2D eigenvalue weighted by atomic mass is 16.5. The van der Waals surface area contributed by atoms with Gasteiger partial charge in [-0.2, -0.15) is 0 Å². The van der Waals surface area contributed by atoms with Gasteiger partial charge >= 0.3 is 5.97 Å². The largest absolute Gasteiger partial charge is 0.491 e. The smallest absolute Gasteiger partial charge is 0.324 e. The number of hydrogen-bond acceptors (Lipinski definition) is 5. The van der Waals surface area contributed by atoms with E-state index >= 15 is 0 Å². The third kappa shape index (κ3) is 3.21. The molecule has 0 spiro atoms. The molecule has 2 N–H and O–H groups in total. The van der Waals surface area contributed by atoms with E-state index in [-0.39, 0.29) is 6.61 Å². The van der Waals surface area contributed by atoms with Crippen LogP contribution in [0.25, 0.3) is 33.7 Å². The lowest BCUT2D eigenvalue weighted by Gasteiger charge is -2.09. The lowest BCUT2D eigenvalue weighted by molar-refractivity contribution is -0.140. The molecule has 6 nitrogen and oxygen atoms in total. The Morgan fingerprint density at radius 3 is 2.70 bits per heavy atom. The zero-order valence-electron chi connectivity index (χ0n) is 16.4. The first-order chi connectivity index (χ1) is 14.6. The summed E-state index contributed by atoms with van der Waals surface area (Å²) in [6, 6.07) is 19.3. The Hall–Kier alpha value is -3.64. The Labute approximate surface area is 173 Å². The minimum atomic E-state index is -0.930. The van der Waals surface area contributed by atoms with E-state index in [2.05, 4.69) is 30.4 Å². The predicted molar refractivity (Wildman–Crippen MR) is 113 cm³/mol. The van der Waals surface area contributed by atoms with E-state index in [1.54, 1.807) is 6.07 Å². The molecule has 150 valence electrons. The number of aromatic nitrogens is 1. The Morgan fingerprint density at radius 2 is 1.90 bits per heavy atom. The number of fused-ring (bicyclic) bond motifs is 2. The number of oxazole rings is 1. The molecule has 0 fully saturated rings. The molecule has 30 heavy (non-hydrogen) atoms. The molecule has 0 aliphatic carbocycles. The molecule has 0 radical (unpaired) electrons. The highest BCUT2D eigenvalue weighted by Gasteiger charge is 2.24. The van der Waals surface area contributed by atoms with Gasteiger partial charge in [0.05, 0.1) is 0 Å². The highest BCUT2D eigenvalue weighted by molar-refractivity contribution is 5.82. The Kier molecular flexibility index (Phi) is 4.48. The minimum Gasteiger partial charge on any atom is -0.491 e. The number of benzene rings is 3. The Bertz CT molecular complexity index is 1200. The number of carboxylic acid groups (broad SMARTS) is 1. The zero-order valence-corrected chi connectivity index (χ0v) is 16.4. The van der Waals surface area contributed by atoms with Crippen LogP contribution < -0.4 is 10.1 Å². The lowest BCUT2D eigenvalue weighted by atomic mass is 9.96. The summed E-state index contributed by atoms with van der Waals surface area (Å²) >= 11 is 0. The van der Waals surface area contributed by atoms with Crippen molar-refractivity contribution in [2.75, 3.05) is 6.61 Å². The van der Waals surface area contributed by atoms with Crippen LogP contribution in [0.15, 0.2) is 65.1 Å². The standard InChI is InChI=1S/C24H20N2O4/c1-14-17(15-6-3-2-4-7-15)8-5-9-18(14)23-26-19-10-16-12-25-20(24(27)28)13-29-21(16)11-22(19)30-23/h2-11,20,25H,12-13H2,1H3,(H,27,28)/t20-/m0/s1. The Morgan fingerprint density at radius 1 is 1.10 bits per heavy atom. The number of carbonyl (C=O) groups is 1. The summed E-state index contributed by atoms with van der Waals surface area (Å²) < 4.78 is 11.8. The Balaban J connectivity index is 1.54. The van der Waals surface area contributed by atoms with Crippen LogP contribution in [-0.2, 0) is 11.3 Å². The van der Waals surface area contributed by atoms with Gasteiger partial charge in [0.25, 0.3) is 0 Å². The minimum absolute atomic E-state index is 0.0626. The highest BCUT2D eigenvalue weighted by Crippen LogP contribution is 2.35. The van der Waals surface area contributed by atoms with Crippen LogP contribution in [0, 0.1) is 6.92 Å². The summed E-state index contributed by atoms with van der Waals surface area (Å²) in [7, 11) is 0.